The van der Waals surface area contributed by atoms with Crippen molar-refractivity contribution >= 4 is 12.0 Å². The number of urea groups is 1. The van der Waals surface area contributed by atoms with Crippen molar-refractivity contribution < 1.29 is 19.2 Å². The molecular formula is C15H18N4O4. The lowest BCUT2D eigenvalue weighted by molar-refractivity contribution is -0.136. The molecule has 0 saturated carbocycles. The Morgan fingerprint density at radius 3 is 2.74 bits per heavy atom. The molecule has 0 aliphatic heterocycles. The number of rotatable bonds is 7. The number of nitrogens with one attached hydrogen (secondary N) is 2. The molecule has 0 aliphatic carbocycles. The van der Waals surface area contributed by atoms with Crippen LogP contribution in [0.2, 0.25) is 0 Å². The zero-order valence-electron chi connectivity index (χ0n) is 12.7. The second-order valence-corrected chi connectivity index (χ2v) is 4.97. The SMILES string of the molecule is CC(NC(=O)NCCC(=O)O)c1noc(Cc2ccccc2)n1. The lowest BCUT2D eigenvalue weighted by Crippen LogP contribution is -2.38. The van der Waals surface area contributed by atoms with Crippen molar-refractivity contribution in [1.29, 1.82) is 0 Å². The molecule has 8 heteroatoms. The fraction of sp³-hybridized carbons (Fsp3) is 0.333. The summed E-state index contributed by atoms with van der Waals surface area (Å²) in [6.45, 7) is 1.77. The number of carboxylic acid groups (broad SMARTS) is 1. The molecule has 0 spiro atoms. The predicted molar refractivity (Wildman–Crippen MR) is 80.7 cm³/mol. The molecule has 1 atom stereocenters. The summed E-state index contributed by atoms with van der Waals surface area (Å²) in [6.07, 6.45) is 0.386. The maximum absolute atomic E-state index is 11.6. The Morgan fingerprint density at radius 1 is 1.30 bits per heavy atom. The molecule has 23 heavy (non-hydrogen) atoms. The van der Waals surface area contributed by atoms with Crippen LogP contribution in [0.1, 0.15) is 36.7 Å². The third-order valence-electron chi connectivity index (χ3n) is 3.04. The number of carbonyl (C=O) groups excluding carboxylic acids is 1. The van der Waals surface area contributed by atoms with Gasteiger partial charge in [0.25, 0.3) is 0 Å². The number of nitrogens with zero attached hydrogens (tertiary/aromatic N) is 2. The van der Waals surface area contributed by atoms with E-state index < -0.39 is 18.0 Å². The van der Waals surface area contributed by atoms with Crippen molar-refractivity contribution in [3.8, 4) is 0 Å². The molecule has 1 unspecified atom stereocenters. The average Bonchev–Trinajstić information content (AvgIpc) is 2.96. The van der Waals surface area contributed by atoms with Gasteiger partial charge in [-0.3, -0.25) is 4.79 Å². The molecule has 1 aromatic carbocycles. The molecule has 0 saturated heterocycles. The molecule has 3 N–H and O–H groups in total. The first-order valence-electron chi connectivity index (χ1n) is 7.17. The molecule has 8 nitrogen and oxygen atoms in total. The highest BCUT2D eigenvalue weighted by molar-refractivity contribution is 5.75. The number of hydrogen-bond donors (Lipinski definition) is 3. The summed E-state index contributed by atoms with van der Waals surface area (Å²) in [5.41, 5.74) is 1.05. The minimum atomic E-state index is -0.970. The van der Waals surface area contributed by atoms with Gasteiger partial charge in [-0.1, -0.05) is 35.5 Å². The van der Waals surface area contributed by atoms with E-state index in [-0.39, 0.29) is 13.0 Å². The first-order valence-corrected chi connectivity index (χ1v) is 7.17. The third-order valence-corrected chi connectivity index (χ3v) is 3.04. The van der Waals surface area contributed by atoms with Gasteiger partial charge in [-0.05, 0) is 12.5 Å². The smallest absolute Gasteiger partial charge is 0.315 e. The molecule has 1 aromatic heterocycles. The van der Waals surface area contributed by atoms with E-state index in [4.69, 9.17) is 9.63 Å². The van der Waals surface area contributed by atoms with Crippen LogP contribution in [0, 0.1) is 0 Å². The number of aromatic nitrogens is 2. The summed E-state index contributed by atoms with van der Waals surface area (Å²) in [5.74, 6) is -0.141. The van der Waals surface area contributed by atoms with Crippen molar-refractivity contribution in [2.45, 2.75) is 25.8 Å². The quantitative estimate of drug-likeness (QED) is 0.712. The highest BCUT2D eigenvalue weighted by atomic mass is 16.5. The Labute approximate surface area is 132 Å². The molecule has 0 fully saturated rings. The predicted octanol–water partition coefficient (Wildman–Crippen LogP) is 1.50. The summed E-state index contributed by atoms with van der Waals surface area (Å²) < 4.78 is 5.17. The number of benzene rings is 1. The Kier molecular flexibility index (Phi) is 5.67. The number of carboxylic acids is 1. The number of hydrogen-bond acceptors (Lipinski definition) is 5. The summed E-state index contributed by atoms with van der Waals surface area (Å²) >= 11 is 0. The molecule has 0 aliphatic rings. The molecule has 122 valence electrons. The van der Waals surface area contributed by atoms with Gasteiger partial charge < -0.3 is 20.3 Å². The monoisotopic (exact) mass is 318 g/mol. The molecule has 0 bridgehead atoms. The van der Waals surface area contributed by atoms with Crippen LogP contribution in [0.4, 0.5) is 4.79 Å². The standard InChI is InChI=1S/C15H18N4O4/c1-10(17-15(22)16-8-7-13(20)21)14-18-12(23-19-14)9-11-5-3-2-4-6-11/h2-6,10H,7-9H2,1H3,(H,20,21)(H2,16,17,22). The van der Waals surface area contributed by atoms with Crippen molar-refractivity contribution in [1.82, 2.24) is 20.8 Å². The number of aliphatic carboxylic acids is 1. The zero-order chi connectivity index (χ0) is 16.7. The van der Waals surface area contributed by atoms with E-state index >= 15 is 0 Å². The summed E-state index contributed by atoms with van der Waals surface area (Å²) in [7, 11) is 0. The van der Waals surface area contributed by atoms with E-state index in [2.05, 4.69) is 20.8 Å². The van der Waals surface area contributed by atoms with E-state index in [1.165, 1.54) is 0 Å². The van der Waals surface area contributed by atoms with Gasteiger partial charge >= 0.3 is 12.0 Å². The Balaban J connectivity index is 1.84. The van der Waals surface area contributed by atoms with Crippen molar-refractivity contribution in [3.05, 3.63) is 47.6 Å². The second-order valence-electron chi connectivity index (χ2n) is 4.97. The van der Waals surface area contributed by atoms with Gasteiger partial charge in [0.15, 0.2) is 5.82 Å². The second kappa shape index (κ2) is 7.92. The first kappa shape index (κ1) is 16.5. The van der Waals surface area contributed by atoms with Crippen LogP contribution in [-0.2, 0) is 11.2 Å². The normalized spacial score (nSPS) is 11.7. The van der Waals surface area contributed by atoms with E-state index in [1.807, 2.05) is 30.3 Å². The Morgan fingerprint density at radius 2 is 2.04 bits per heavy atom. The molecule has 2 amide bonds. The minimum Gasteiger partial charge on any atom is -0.481 e. The van der Waals surface area contributed by atoms with Crippen LogP contribution in [0.25, 0.3) is 0 Å². The highest BCUT2D eigenvalue weighted by Gasteiger charge is 2.16. The van der Waals surface area contributed by atoms with Gasteiger partial charge in [0, 0.05) is 6.54 Å². The maximum atomic E-state index is 11.6. The Bertz CT molecular complexity index is 657. The van der Waals surface area contributed by atoms with Crippen molar-refractivity contribution in [2.75, 3.05) is 6.54 Å². The van der Waals surface area contributed by atoms with Gasteiger partial charge in [0.05, 0.1) is 18.9 Å². The first-order chi connectivity index (χ1) is 11.0. The van der Waals surface area contributed by atoms with Crippen molar-refractivity contribution in [3.63, 3.8) is 0 Å². The zero-order valence-corrected chi connectivity index (χ0v) is 12.7. The maximum Gasteiger partial charge on any atom is 0.315 e. The summed E-state index contributed by atoms with van der Waals surface area (Å²) in [5, 5.41) is 17.4. The van der Waals surface area contributed by atoms with E-state index in [1.54, 1.807) is 6.92 Å². The lowest BCUT2D eigenvalue weighted by Gasteiger charge is -2.10. The van der Waals surface area contributed by atoms with E-state index in [0.29, 0.717) is 18.1 Å². The van der Waals surface area contributed by atoms with E-state index in [9.17, 15) is 9.59 Å². The lowest BCUT2D eigenvalue weighted by atomic mass is 10.1. The fourth-order valence-corrected chi connectivity index (χ4v) is 1.88. The van der Waals surface area contributed by atoms with Crippen LogP contribution in [0.3, 0.4) is 0 Å². The molecule has 2 aromatic rings. The highest BCUT2D eigenvalue weighted by Crippen LogP contribution is 2.11. The third kappa shape index (κ3) is 5.42. The van der Waals surface area contributed by atoms with Crippen LogP contribution < -0.4 is 10.6 Å². The minimum absolute atomic E-state index is 0.0549. The van der Waals surface area contributed by atoms with Crippen LogP contribution in [0.15, 0.2) is 34.9 Å². The molecule has 1 heterocycles. The largest absolute Gasteiger partial charge is 0.481 e. The van der Waals surface area contributed by atoms with Crippen LogP contribution >= 0.6 is 0 Å². The summed E-state index contributed by atoms with van der Waals surface area (Å²) in [4.78, 5) is 26.2. The molecule has 2 rings (SSSR count). The number of amides is 2. The topological polar surface area (TPSA) is 117 Å². The van der Waals surface area contributed by atoms with Gasteiger partial charge in [0.1, 0.15) is 0 Å². The Hall–Kier alpha value is -2.90. The van der Waals surface area contributed by atoms with Crippen LogP contribution in [-0.4, -0.2) is 33.8 Å². The molecular weight excluding hydrogens is 300 g/mol. The fourth-order valence-electron chi connectivity index (χ4n) is 1.88. The van der Waals surface area contributed by atoms with Crippen molar-refractivity contribution in [2.24, 2.45) is 0 Å². The molecule has 0 radical (unpaired) electrons. The average molecular weight is 318 g/mol. The van der Waals surface area contributed by atoms with Gasteiger partial charge in [-0.15, -0.1) is 0 Å². The van der Waals surface area contributed by atoms with Gasteiger partial charge in [-0.25, -0.2) is 4.79 Å². The van der Waals surface area contributed by atoms with Gasteiger partial charge in [-0.2, -0.15) is 4.98 Å². The van der Waals surface area contributed by atoms with E-state index in [0.717, 1.165) is 5.56 Å². The number of carbonyl (C=O) groups is 2. The summed E-state index contributed by atoms with van der Waals surface area (Å²) in [6, 6.07) is 8.78. The van der Waals surface area contributed by atoms with Gasteiger partial charge in [0.2, 0.25) is 5.89 Å². The van der Waals surface area contributed by atoms with Crippen LogP contribution in [0.5, 0.6) is 0 Å².